The van der Waals surface area contributed by atoms with Crippen molar-refractivity contribution in [3.05, 3.63) is 30.1 Å². The van der Waals surface area contributed by atoms with E-state index in [0.717, 1.165) is 16.9 Å². The molecular weight excluding hydrogens is 147 g/mol. The second kappa shape index (κ2) is 3.39. The third-order valence-corrected chi connectivity index (χ3v) is 1.51. The molecule has 1 radical (unpaired) electrons. The van der Waals surface area contributed by atoms with Crippen LogP contribution in [0.25, 0.3) is 11.0 Å². The van der Waals surface area contributed by atoms with Gasteiger partial charge in [-0.05, 0) is 19.1 Å². The largest absolute Gasteiger partial charge is 0.342 e. The van der Waals surface area contributed by atoms with E-state index in [9.17, 15) is 0 Å². The first-order chi connectivity index (χ1) is 4.86. The van der Waals surface area contributed by atoms with Gasteiger partial charge in [-0.15, -0.1) is 0 Å². The third kappa shape index (κ3) is 1.64. The molecule has 0 unspecified atom stereocenters. The number of fused-ring (bicyclic) bond motifs is 1. The molecule has 0 aliphatic rings. The van der Waals surface area contributed by atoms with E-state index in [4.69, 9.17) is 0 Å². The van der Waals surface area contributed by atoms with E-state index in [1.807, 2.05) is 31.2 Å². The van der Waals surface area contributed by atoms with E-state index in [1.54, 1.807) is 0 Å². The summed E-state index contributed by atoms with van der Waals surface area (Å²) in [6.07, 6.45) is 0. The van der Waals surface area contributed by atoms with Gasteiger partial charge >= 0.3 is 0 Å². The Bertz CT molecular complexity index is 321. The molecule has 0 saturated carbocycles. The minimum Gasteiger partial charge on any atom is -0.342 e. The summed E-state index contributed by atoms with van der Waals surface area (Å²) in [5.41, 5.74) is 2.15. The number of aromatic nitrogens is 2. The fourth-order valence-electron chi connectivity index (χ4n) is 1.08. The van der Waals surface area contributed by atoms with Crippen LogP contribution in [0.4, 0.5) is 0 Å². The molecule has 0 saturated heterocycles. The normalized spacial score (nSPS) is 9.55. The van der Waals surface area contributed by atoms with Crippen LogP contribution in [0.3, 0.4) is 0 Å². The Kier molecular flexibility index (Phi) is 2.71. The van der Waals surface area contributed by atoms with Crippen LogP contribution in [-0.4, -0.2) is 39.5 Å². The van der Waals surface area contributed by atoms with Crippen LogP contribution in [-0.2, 0) is 0 Å². The van der Waals surface area contributed by atoms with Crippen molar-refractivity contribution in [2.24, 2.45) is 0 Å². The molecule has 1 N–H and O–H groups in total. The van der Waals surface area contributed by atoms with Crippen molar-refractivity contribution in [2.75, 3.05) is 0 Å². The predicted octanol–water partition coefficient (Wildman–Crippen LogP) is 1.49. The van der Waals surface area contributed by atoms with Gasteiger partial charge in [-0.2, -0.15) is 0 Å². The van der Waals surface area contributed by atoms with E-state index < -0.39 is 0 Å². The molecule has 0 aliphatic carbocycles. The zero-order chi connectivity index (χ0) is 6.97. The molecule has 0 fully saturated rings. The number of imidazole rings is 1. The Labute approximate surface area is 87.3 Å². The molecule has 1 aromatic heterocycles. The summed E-state index contributed by atoms with van der Waals surface area (Å²) in [6.45, 7) is 1.96. The minimum absolute atomic E-state index is 0. The van der Waals surface area contributed by atoms with Crippen LogP contribution < -0.4 is 0 Å². The smallest absolute Gasteiger partial charge is 0.104 e. The van der Waals surface area contributed by atoms with Crippen LogP contribution in [0.1, 0.15) is 5.82 Å². The van der Waals surface area contributed by atoms with Crippen LogP contribution in [0.15, 0.2) is 24.3 Å². The van der Waals surface area contributed by atoms with E-state index in [1.165, 1.54) is 0 Å². The van der Waals surface area contributed by atoms with Gasteiger partial charge in [0.05, 0.1) is 11.0 Å². The van der Waals surface area contributed by atoms with Gasteiger partial charge in [-0.25, -0.2) is 4.98 Å². The van der Waals surface area contributed by atoms with Crippen molar-refractivity contribution in [1.82, 2.24) is 9.97 Å². The average molecular weight is 155 g/mol. The van der Waals surface area contributed by atoms with Crippen LogP contribution >= 0.6 is 0 Å². The number of aromatic amines is 1. The van der Waals surface area contributed by atoms with Crippen LogP contribution in [0.2, 0.25) is 0 Å². The van der Waals surface area contributed by atoms with Gasteiger partial charge in [0.15, 0.2) is 0 Å². The topological polar surface area (TPSA) is 28.7 Å². The average Bonchev–Trinajstić information content (AvgIpc) is 2.27. The Balaban J connectivity index is 0.000000605. The number of hydrogen-bond donors (Lipinski definition) is 1. The second-order valence-corrected chi connectivity index (χ2v) is 2.34. The molecule has 2 nitrogen and oxygen atoms in total. The fourth-order valence-corrected chi connectivity index (χ4v) is 1.08. The standard InChI is InChI=1S/C8H8N2.Na/c1-6-9-7-4-2-3-5-8(7)10-6;/h2-5H,1H3,(H,9,10);. The third-order valence-electron chi connectivity index (χ3n) is 1.51. The number of para-hydroxylation sites is 2. The SMILES string of the molecule is Cc1nc2ccccc2[nH]1.[Na]. The maximum absolute atomic E-state index is 4.26. The number of H-pyrrole nitrogens is 1. The fraction of sp³-hybridized carbons (Fsp3) is 0.125. The van der Waals surface area contributed by atoms with Gasteiger partial charge in [0.1, 0.15) is 5.82 Å². The Hall–Kier alpha value is -0.310. The van der Waals surface area contributed by atoms with Crippen LogP contribution in [0.5, 0.6) is 0 Å². The van der Waals surface area contributed by atoms with Gasteiger partial charge in [-0.3, -0.25) is 0 Å². The maximum atomic E-state index is 4.26. The molecule has 1 heterocycles. The van der Waals surface area contributed by atoms with Crippen molar-refractivity contribution in [2.45, 2.75) is 6.92 Å². The molecule has 0 aliphatic heterocycles. The first-order valence-corrected chi connectivity index (χ1v) is 3.27. The van der Waals surface area contributed by atoms with Crippen molar-refractivity contribution < 1.29 is 0 Å². The number of nitrogens with zero attached hydrogens (tertiary/aromatic N) is 1. The van der Waals surface area contributed by atoms with Crippen LogP contribution in [0, 0.1) is 6.92 Å². The minimum atomic E-state index is 0. The Morgan fingerprint density at radius 3 is 2.73 bits per heavy atom. The molecule has 51 valence electrons. The van der Waals surface area contributed by atoms with Gasteiger partial charge < -0.3 is 4.98 Å². The number of benzene rings is 1. The summed E-state index contributed by atoms with van der Waals surface area (Å²) < 4.78 is 0. The van der Waals surface area contributed by atoms with E-state index in [-0.39, 0.29) is 29.6 Å². The summed E-state index contributed by atoms with van der Waals surface area (Å²) in [4.78, 5) is 7.40. The van der Waals surface area contributed by atoms with Gasteiger partial charge in [0.25, 0.3) is 0 Å². The van der Waals surface area contributed by atoms with Gasteiger partial charge in [-0.1, -0.05) is 12.1 Å². The summed E-state index contributed by atoms with van der Waals surface area (Å²) in [7, 11) is 0. The number of aryl methyl sites for hydroxylation is 1. The summed E-state index contributed by atoms with van der Waals surface area (Å²) in [5, 5.41) is 0. The van der Waals surface area contributed by atoms with Crippen molar-refractivity contribution in [3.63, 3.8) is 0 Å². The van der Waals surface area contributed by atoms with E-state index in [0.29, 0.717) is 0 Å². The van der Waals surface area contributed by atoms with Gasteiger partial charge in [0, 0.05) is 29.6 Å². The second-order valence-electron chi connectivity index (χ2n) is 2.34. The summed E-state index contributed by atoms with van der Waals surface area (Å²) in [5.74, 6) is 0.973. The predicted molar refractivity (Wildman–Crippen MR) is 46.6 cm³/mol. The monoisotopic (exact) mass is 155 g/mol. The Morgan fingerprint density at radius 2 is 2.00 bits per heavy atom. The molecule has 0 bridgehead atoms. The first-order valence-electron chi connectivity index (χ1n) is 3.27. The van der Waals surface area contributed by atoms with Gasteiger partial charge in [0.2, 0.25) is 0 Å². The molecule has 1 aromatic carbocycles. The quantitative estimate of drug-likeness (QED) is 0.573. The summed E-state index contributed by atoms with van der Waals surface area (Å²) in [6, 6.07) is 8.01. The molecule has 0 atom stereocenters. The first kappa shape index (κ1) is 8.78. The molecule has 0 amide bonds. The zero-order valence-corrected chi connectivity index (χ0v) is 8.76. The van der Waals surface area contributed by atoms with Crippen molar-refractivity contribution >= 4 is 40.6 Å². The van der Waals surface area contributed by atoms with E-state index >= 15 is 0 Å². The maximum Gasteiger partial charge on any atom is 0.104 e. The van der Waals surface area contributed by atoms with E-state index in [2.05, 4.69) is 9.97 Å². The zero-order valence-electron chi connectivity index (χ0n) is 6.76. The molecule has 0 spiro atoms. The van der Waals surface area contributed by atoms with Crippen molar-refractivity contribution in [1.29, 1.82) is 0 Å². The molecule has 3 heteroatoms. The molecule has 11 heavy (non-hydrogen) atoms. The number of hydrogen-bond acceptors (Lipinski definition) is 1. The summed E-state index contributed by atoms with van der Waals surface area (Å²) >= 11 is 0. The molecule has 2 aromatic rings. The van der Waals surface area contributed by atoms with Crippen molar-refractivity contribution in [3.8, 4) is 0 Å². The molecular formula is C8H8N2Na. The number of nitrogens with one attached hydrogen (secondary N) is 1. The molecule has 2 rings (SSSR count). The number of rotatable bonds is 0. The Morgan fingerprint density at radius 1 is 1.27 bits per heavy atom.